The zero-order chi connectivity index (χ0) is 13.1. The zero-order valence-corrected chi connectivity index (χ0v) is 10.8. The number of sulfonamides is 1. The maximum atomic E-state index is 11.5. The Morgan fingerprint density at radius 1 is 1.41 bits per heavy atom. The summed E-state index contributed by atoms with van der Waals surface area (Å²) in [6.45, 7) is 0. The quantitative estimate of drug-likeness (QED) is 0.649. The summed E-state index contributed by atoms with van der Waals surface area (Å²) in [5.41, 5.74) is -0.181. The Morgan fingerprint density at radius 2 is 1.94 bits per heavy atom. The lowest BCUT2D eigenvalue weighted by Gasteiger charge is -2.08. The molecular formula is C7H7Cl2N3O4S. The maximum absolute atomic E-state index is 11.5. The van der Waals surface area contributed by atoms with Crippen molar-refractivity contribution in [3.8, 4) is 0 Å². The van der Waals surface area contributed by atoms with Crippen LogP contribution in [-0.2, 0) is 19.6 Å². The van der Waals surface area contributed by atoms with Crippen LogP contribution in [0.25, 0.3) is 0 Å². The number of aromatic nitrogens is 2. The Kier molecular flexibility index (Phi) is 4.49. The van der Waals surface area contributed by atoms with Gasteiger partial charge in [0.15, 0.2) is 16.1 Å². The lowest BCUT2D eigenvalue weighted by atomic mass is 10.6. The van der Waals surface area contributed by atoms with E-state index in [2.05, 4.69) is 14.7 Å². The minimum absolute atomic E-state index is 0.168. The highest BCUT2D eigenvalue weighted by molar-refractivity contribution is 7.93. The number of carbonyl (C=O) groups is 1. The summed E-state index contributed by atoms with van der Waals surface area (Å²) in [4.78, 5) is 17.9. The number of esters is 1. The molecule has 0 aliphatic heterocycles. The van der Waals surface area contributed by atoms with E-state index in [-0.39, 0.29) is 16.0 Å². The molecule has 0 bridgehead atoms. The molecule has 0 aliphatic carbocycles. The molecule has 7 nitrogen and oxygen atoms in total. The largest absolute Gasteiger partial charge is 0.468 e. The second-order valence-electron chi connectivity index (χ2n) is 2.77. The highest BCUT2D eigenvalue weighted by Crippen LogP contribution is 2.26. The number of nitrogens with zero attached hydrogens (tertiary/aromatic N) is 2. The number of rotatable bonds is 4. The van der Waals surface area contributed by atoms with Crippen molar-refractivity contribution in [2.75, 3.05) is 17.6 Å². The molecule has 1 aromatic rings. The van der Waals surface area contributed by atoms with Gasteiger partial charge < -0.3 is 4.74 Å². The Morgan fingerprint density at radius 3 is 2.41 bits per heavy atom. The lowest BCUT2D eigenvalue weighted by Crippen LogP contribution is -2.24. The molecule has 1 aromatic heterocycles. The van der Waals surface area contributed by atoms with Crippen LogP contribution in [0.5, 0.6) is 0 Å². The summed E-state index contributed by atoms with van der Waals surface area (Å²) in [5.74, 6) is -1.77. The van der Waals surface area contributed by atoms with Gasteiger partial charge in [-0.05, 0) is 0 Å². The second-order valence-corrected chi connectivity index (χ2v) is 5.21. The van der Waals surface area contributed by atoms with Gasteiger partial charge >= 0.3 is 5.97 Å². The summed E-state index contributed by atoms with van der Waals surface area (Å²) >= 11 is 11.3. The third-order valence-corrected chi connectivity index (χ3v) is 3.25. The third-order valence-electron chi connectivity index (χ3n) is 1.55. The molecule has 0 saturated heterocycles. The van der Waals surface area contributed by atoms with E-state index in [4.69, 9.17) is 23.2 Å². The molecule has 10 heteroatoms. The van der Waals surface area contributed by atoms with E-state index in [0.717, 1.165) is 13.4 Å². The van der Waals surface area contributed by atoms with E-state index in [0.29, 0.717) is 0 Å². The van der Waals surface area contributed by atoms with Crippen LogP contribution in [0.1, 0.15) is 0 Å². The van der Waals surface area contributed by atoms with Crippen LogP contribution < -0.4 is 4.72 Å². The molecule has 0 fully saturated rings. The summed E-state index contributed by atoms with van der Waals surface area (Å²) in [6.07, 6.45) is 1.07. The molecule has 1 N–H and O–H groups in total. The number of hydrogen-bond acceptors (Lipinski definition) is 6. The SMILES string of the molecule is COC(=O)CS(=O)(=O)Nc1c(Cl)ncnc1Cl. The van der Waals surface area contributed by atoms with Crippen molar-refractivity contribution in [2.24, 2.45) is 0 Å². The first-order valence-electron chi connectivity index (χ1n) is 4.09. The van der Waals surface area contributed by atoms with Gasteiger partial charge in [0.05, 0.1) is 7.11 Å². The Bertz CT molecular complexity index is 514. The van der Waals surface area contributed by atoms with Crippen LogP contribution in [-0.4, -0.2) is 37.2 Å². The summed E-state index contributed by atoms with van der Waals surface area (Å²) in [5, 5.41) is -0.336. The summed E-state index contributed by atoms with van der Waals surface area (Å²) < 4.78 is 29.2. The number of carbonyl (C=O) groups excluding carboxylic acids is 1. The van der Waals surface area contributed by atoms with Gasteiger partial charge in [-0.3, -0.25) is 9.52 Å². The van der Waals surface area contributed by atoms with E-state index in [1.807, 2.05) is 4.72 Å². The first-order valence-corrected chi connectivity index (χ1v) is 6.50. The fraction of sp³-hybridized carbons (Fsp3) is 0.286. The van der Waals surface area contributed by atoms with Gasteiger partial charge in [-0.25, -0.2) is 18.4 Å². The average Bonchev–Trinajstić information content (AvgIpc) is 2.23. The number of nitrogens with one attached hydrogen (secondary N) is 1. The summed E-state index contributed by atoms with van der Waals surface area (Å²) in [6, 6.07) is 0. The average molecular weight is 300 g/mol. The highest BCUT2D eigenvalue weighted by Gasteiger charge is 2.20. The molecule has 0 saturated carbocycles. The molecule has 94 valence electrons. The van der Waals surface area contributed by atoms with Crippen LogP contribution in [0, 0.1) is 0 Å². The minimum Gasteiger partial charge on any atom is -0.468 e. The standard InChI is InChI=1S/C7H7Cl2N3O4S/c1-16-4(13)2-17(14,15)12-5-6(8)10-3-11-7(5)9/h3,12H,2H2,1H3. The van der Waals surface area contributed by atoms with Gasteiger partial charge in [0.25, 0.3) is 0 Å². The third kappa shape index (κ3) is 3.99. The Labute approximate surface area is 107 Å². The highest BCUT2D eigenvalue weighted by atomic mass is 35.5. The Hall–Kier alpha value is -1.12. The van der Waals surface area contributed by atoms with Gasteiger partial charge in [-0.15, -0.1) is 0 Å². The predicted octanol–water partition coefficient (Wildman–Crippen LogP) is 0.698. The van der Waals surface area contributed by atoms with Crippen LogP contribution >= 0.6 is 23.2 Å². The topological polar surface area (TPSA) is 98.2 Å². The van der Waals surface area contributed by atoms with Gasteiger partial charge in [0.2, 0.25) is 10.0 Å². The lowest BCUT2D eigenvalue weighted by molar-refractivity contribution is -0.137. The first-order chi connectivity index (χ1) is 7.85. The van der Waals surface area contributed by atoms with Crippen molar-refractivity contribution in [3.63, 3.8) is 0 Å². The first kappa shape index (κ1) is 13.9. The molecular weight excluding hydrogens is 293 g/mol. The molecule has 0 atom stereocenters. The second kappa shape index (κ2) is 5.48. The van der Waals surface area contributed by atoms with Crippen molar-refractivity contribution < 1.29 is 17.9 Å². The van der Waals surface area contributed by atoms with Gasteiger partial charge in [-0.2, -0.15) is 0 Å². The predicted molar refractivity (Wildman–Crippen MR) is 61.5 cm³/mol. The van der Waals surface area contributed by atoms with E-state index >= 15 is 0 Å². The van der Waals surface area contributed by atoms with Crippen molar-refractivity contribution in [1.82, 2.24) is 9.97 Å². The van der Waals surface area contributed by atoms with E-state index in [1.165, 1.54) is 0 Å². The van der Waals surface area contributed by atoms with Crippen LogP contribution in [0.4, 0.5) is 5.69 Å². The van der Waals surface area contributed by atoms with Crippen molar-refractivity contribution >= 4 is 44.9 Å². The molecule has 0 unspecified atom stereocenters. The van der Waals surface area contributed by atoms with Gasteiger partial charge in [0, 0.05) is 0 Å². The van der Waals surface area contributed by atoms with E-state index in [9.17, 15) is 13.2 Å². The molecule has 17 heavy (non-hydrogen) atoms. The molecule has 0 aromatic carbocycles. The smallest absolute Gasteiger partial charge is 0.322 e. The molecule has 1 rings (SSSR count). The van der Waals surface area contributed by atoms with Crippen LogP contribution in [0.3, 0.4) is 0 Å². The molecule has 0 aliphatic rings. The monoisotopic (exact) mass is 299 g/mol. The van der Waals surface area contributed by atoms with E-state index < -0.39 is 21.7 Å². The van der Waals surface area contributed by atoms with Gasteiger partial charge in [-0.1, -0.05) is 23.2 Å². The molecule has 0 amide bonds. The number of anilines is 1. The fourth-order valence-corrected chi connectivity index (χ4v) is 2.36. The van der Waals surface area contributed by atoms with Crippen molar-refractivity contribution in [1.29, 1.82) is 0 Å². The van der Waals surface area contributed by atoms with Crippen molar-refractivity contribution in [2.45, 2.75) is 0 Å². The van der Waals surface area contributed by atoms with E-state index in [1.54, 1.807) is 0 Å². The normalized spacial score (nSPS) is 11.0. The van der Waals surface area contributed by atoms with Crippen LogP contribution in [0.2, 0.25) is 10.3 Å². The minimum atomic E-state index is -3.96. The van der Waals surface area contributed by atoms with Crippen LogP contribution in [0.15, 0.2) is 6.33 Å². The molecule has 0 spiro atoms. The molecule has 0 radical (unpaired) electrons. The zero-order valence-electron chi connectivity index (χ0n) is 8.48. The fourth-order valence-electron chi connectivity index (χ4n) is 0.834. The van der Waals surface area contributed by atoms with Gasteiger partial charge in [0.1, 0.15) is 12.0 Å². The number of hydrogen-bond donors (Lipinski definition) is 1. The number of methoxy groups -OCH3 is 1. The summed E-state index contributed by atoms with van der Waals surface area (Å²) in [7, 11) is -2.89. The van der Waals surface area contributed by atoms with Crippen molar-refractivity contribution in [3.05, 3.63) is 16.6 Å². The number of ether oxygens (including phenoxy) is 1. The molecule has 1 heterocycles. The Balaban J connectivity index is 2.95. The number of halogens is 2. The maximum Gasteiger partial charge on any atom is 0.322 e.